The van der Waals surface area contributed by atoms with Gasteiger partial charge in [-0.05, 0) is 18.8 Å². The summed E-state index contributed by atoms with van der Waals surface area (Å²) in [6, 6.07) is 0. The van der Waals surface area contributed by atoms with Gasteiger partial charge in [0, 0.05) is 18.9 Å². The Bertz CT molecular complexity index is 197. The van der Waals surface area contributed by atoms with Gasteiger partial charge < -0.3 is 4.57 Å². The van der Waals surface area contributed by atoms with Gasteiger partial charge in [0.1, 0.15) is 0 Å². The molecule has 0 spiro atoms. The molecule has 1 saturated carbocycles. The van der Waals surface area contributed by atoms with Gasteiger partial charge in [-0.15, -0.1) is 0 Å². The Morgan fingerprint density at radius 3 is 2.82 bits per heavy atom. The monoisotopic (exact) mass is 150 g/mol. The highest BCUT2D eigenvalue weighted by molar-refractivity contribution is 4.77. The Labute approximate surface area is 67.3 Å². The maximum atomic E-state index is 4.03. The molecule has 0 aliphatic heterocycles. The molecule has 0 radical (unpaired) electrons. The molecule has 0 unspecified atom stereocenters. The largest absolute Gasteiger partial charge is 0.337 e. The summed E-state index contributed by atoms with van der Waals surface area (Å²) in [6.45, 7) is 1.18. The van der Waals surface area contributed by atoms with E-state index in [1.165, 1.54) is 32.2 Å². The second-order valence-electron chi connectivity index (χ2n) is 3.41. The normalized spacial score (nSPS) is 19.3. The number of hydrogen-bond acceptors (Lipinski definition) is 1. The lowest BCUT2D eigenvalue weighted by atomic mass is 10.1. The molecule has 2 rings (SSSR count). The summed E-state index contributed by atoms with van der Waals surface area (Å²) in [5.74, 6) is 0.921. The Balaban J connectivity index is 1.90. The first-order valence-electron chi connectivity index (χ1n) is 4.41. The smallest absolute Gasteiger partial charge is 0.0945 e. The van der Waals surface area contributed by atoms with Gasteiger partial charge in [0.2, 0.25) is 0 Å². The second kappa shape index (κ2) is 3.07. The maximum Gasteiger partial charge on any atom is 0.0945 e. The van der Waals surface area contributed by atoms with Crippen LogP contribution < -0.4 is 0 Å². The quantitative estimate of drug-likeness (QED) is 0.631. The molecule has 1 aromatic rings. The Hall–Kier alpha value is -0.790. The molecule has 1 heterocycles. The predicted molar refractivity (Wildman–Crippen MR) is 44.2 cm³/mol. The number of nitrogens with zero attached hydrogens (tertiary/aromatic N) is 2. The van der Waals surface area contributed by atoms with Gasteiger partial charge >= 0.3 is 0 Å². The minimum atomic E-state index is 0.921. The standard InChI is InChI=1S/C9H14N2/c1-2-4-9(3-1)7-11-6-5-10-8-11/h5-6,8-9H,1-4,7H2. The fourth-order valence-electron chi connectivity index (χ4n) is 1.89. The highest BCUT2D eigenvalue weighted by Crippen LogP contribution is 2.25. The highest BCUT2D eigenvalue weighted by Gasteiger charge is 2.14. The van der Waals surface area contributed by atoms with Crippen molar-refractivity contribution in [2.45, 2.75) is 32.2 Å². The minimum Gasteiger partial charge on any atom is -0.337 e. The van der Waals surface area contributed by atoms with E-state index in [0.29, 0.717) is 0 Å². The predicted octanol–water partition coefficient (Wildman–Crippen LogP) is 2.07. The van der Waals surface area contributed by atoms with Gasteiger partial charge in [-0.25, -0.2) is 4.98 Å². The lowest BCUT2D eigenvalue weighted by Crippen LogP contribution is -2.04. The summed E-state index contributed by atoms with van der Waals surface area (Å²) in [5.41, 5.74) is 0. The fraction of sp³-hybridized carbons (Fsp3) is 0.667. The van der Waals surface area contributed by atoms with E-state index >= 15 is 0 Å². The molecule has 0 amide bonds. The van der Waals surface area contributed by atoms with Crippen LogP contribution in [-0.2, 0) is 6.54 Å². The molecule has 11 heavy (non-hydrogen) atoms. The molecule has 1 aromatic heterocycles. The van der Waals surface area contributed by atoms with E-state index in [-0.39, 0.29) is 0 Å². The van der Waals surface area contributed by atoms with Crippen molar-refractivity contribution in [2.24, 2.45) is 5.92 Å². The van der Waals surface area contributed by atoms with Crippen molar-refractivity contribution >= 4 is 0 Å². The zero-order valence-corrected chi connectivity index (χ0v) is 6.74. The molecule has 0 aromatic carbocycles. The zero-order valence-electron chi connectivity index (χ0n) is 6.74. The molecule has 60 valence electrons. The summed E-state index contributed by atoms with van der Waals surface area (Å²) in [6.07, 6.45) is 11.5. The molecule has 1 aliphatic rings. The van der Waals surface area contributed by atoms with Crippen LogP contribution in [-0.4, -0.2) is 9.55 Å². The van der Waals surface area contributed by atoms with E-state index in [2.05, 4.69) is 15.7 Å². The average Bonchev–Trinajstić information content (AvgIpc) is 2.60. The third-order valence-electron chi connectivity index (χ3n) is 2.50. The number of hydrogen-bond donors (Lipinski definition) is 0. The van der Waals surface area contributed by atoms with Crippen molar-refractivity contribution in [1.29, 1.82) is 0 Å². The summed E-state index contributed by atoms with van der Waals surface area (Å²) in [5, 5.41) is 0. The van der Waals surface area contributed by atoms with Gasteiger partial charge in [0.25, 0.3) is 0 Å². The molecule has 2 nitrogen and oxygen atoms in total. The van der Waals surface area contributed by atoms with Crippen molar-refractivity contribution in [1.82, 2.24) is 9.55 Å². The van der Waals surface area contributed by atoms with Crippen LogP contribution in [0.15, 0.2) is 18.7 Å². The average molecular weight is 150 g/mol. The molecular weight excluding hydrogens is 136 g/mol. The van der Waals surface area contributed by atoms with E-state index in [4.69, 9.17) is 0 Å². The van der Waals surface area contributed by atoms with Gasteiger partial charge in [0.15, 0.2) is 0 Å². The summed E-state index contributed by atoms with van der Waals surface area (Å²) in [4.78, 5) is 4.03. The zero-order chi connectivity index (χ0) is 7.52. The van der Waals surface area contributed by atoms with Crippen molar-refractivity contribution in [3.8, 4) is 0 Å². The molecule has 0 bridgehead atoms. The number of rotatable bonds is 2. The van der Waals surface area contributed by atoms with Gasteiger partial charge in [0.05, 0.1) is 6.33 Å². The van der Waals surface area contributed by atoms with Crippen LogP contribution in [0.1, 0.15) is 25.7 Å². The third kappa shape index (κ3) is 1.62. The maximum absolute atomic E-state index is 4.03. The van der Waals surface area contributed by atoms with E-state index in [0.717, 1.165) is 5.92 Å². The minimum absolute atomic E-state index is 0.921. The fourth-order valence-corrected chi connectivity index (χ4v) is 1.89. The SMILES string of the molecule is c1cn(CC2CCCC2)cn1. The van der Waals surface area contributed by atoms with E-state index in [1.807, 2.05) is 12.5 Å². The molecule has 2 heteroatoms. The molecule has 1 aliphatic carbocycles. The van der Waals surface area contributed by atoms with Crippen molar-refractivity contribution in [3.05, 3.63) is 18.7 Å². The van der Waals surface area contributed by atoms with Crippen LogP contribution in [0.3, 0.4) is 0 Å². The first kappa shape index (κ1) is 6.89. The molecule has 0 saturated heterocycles. The van der Waals surface area contributed by atoms with E-state index in [1.54, 1.807) is 0 Å². The number of aromatic nitrogens is 2. The van der Waals surface area contributed by atoms with Crippen LogP contribution in [0.5, 0.6) is 0 Å². The van der Waals surface area contributed by atoms with Crippen LogP contribution in [0.25, 0.3) is 0 Å². The third-order valence-corrected chi connectivity index (χ3v) is 2.50. The van der Waals surface area contributed by atoms with Crippen molar-refractivity contribution in [3.63, 3.8) is 0 Å². The summed E-state index contributed by atoms with van der Waals surface area (Å²) >= 11 is 0. The lowest BCUT2D eigenvalue weighted by Gasteiger charge is -2.08. The summed E-state index contributed by atoms with van der Waals surface area (Å²) in [7, 11) is 0. The van der Waals surface area contributed by atoms with E-state index < -0.39 is 0 Å². The van der Waals surface area contributed by atoms with Crippen LogP contribution in [0.2, 0.25) is 0 Å². The second-order valence-corrected chi connectivity index (χ2v) is 3.41. The summed E-state index contributed by atoms with van der Waals surface area (Å²) < 4.78 is 2.19. The van der Waals surface area contributed by atoms with Crippen LogP contribution in [0, 0.1) is 5.92 Å². The molecular formula is C9H14N2. The van der Waals surface area contributed by atoms with Crippen LogP contribution >= 0.6 is 0 Å². The first-order chi connectivity index (χ1) is 5.45. The van der Waals surface area contributed by atoms with Gasteiger partial charge in [-0.1, -0.05) is 12.8 Å². The Morgan fingerprint density at radius 2 is 2.18 bits per heavy atom. The first-order valence-corrected chi connectivity index (χ1v) is 4.41. The molecule has 1 fully saturated rings. The van der Waals surface area contributed by atoms with Gasteiger partial charge in [-0.3, -0.25) is 0 Å². The highest BCUT2D eigenvalue weighted by atomic mass is 15.0. The molecule has 0 N–H and O–H groups in total. The lowest BCUT2D eigenvalue weighted by molar-refractivity contribution is 0.457. The Morgan fingerprint density at radius 1 is 1.36 bits per heavy atom. The topological polar surface area (TPSA) is 17.8 Å². The van der Waals surface area contributed by atoms with E-state index in [9.17, 15) is 0 Å². The number of imidazole rings is 1. The Kier molecular flexibility index (Phi) is 1.93. The van der Waals surface area contributed by atoms with Crippen molar-refractivity contribution < 1.29 is 0 Å². The van der Waals surface area contributed by atoms with Crippen LogP contribution in [0.4, 0.5) is 0 Å². The van der Waals surface area contributed by atoms with Gasteiger partial charge in [-0.2, -0.15) is 0 Å². The van der Waals surface area contributed by atoms with Crippen molar-refractivity contribution in [2.75, 3.05) is 0 Å². The molecule has 0 atom stereocenters.